The van der Waals surface area contributed by atoms with Gasteiger partial charge in [-0.05, 0) is 6.92 Å². The second kappa shape index (κ2) is 5.51. The molecule has 2 N–H and O–H groups in total. The number of carbonyl (C=O) groups excluding carboxylic acids is 1. The van der Waals surface area contributed by atoms with Gasteiger partial charge >= 0.3 is 5.97 Å². The van der Waals surface area contributed by atoms with E-state index in [-0.39, 0.29) is 6.42 Å². The second-order valence-corrected chi connectivity index (χ2v) is 5.65. The summed E-state index contributed by atoms with van der Waals surface area (Å²) in [5, 5.41) is 9.44. The fourth-order valence-electron chi connectivity index (χ4n) is 0.801. The summed E-state index contributed by atoms with van der Waals surface area (Å²) in [6, 6.07) is -1.26. The first-order valence-electron chi connectivity index (χ1n) is 4.35. The van der Waals surface area contributed by atoms with Crippen molar-refractivity contribution in [3.05, 3.63) is 0 Å². The molecule has 7 heteroatoms. The number of sulfone groups is 1. The predicted octanol–water partition coefficient (Wildman–Crippen LogP) is -0.988. The molecular weight excluding hydrogens is 234 g/mol. The van der Waals surface area contributed by atoms with E-state index in [4.69, 9.17) is 11.5 Å². The molecule has 0 aliphatic heterocycles. The van der Waals surface area contributed by atoms with Crippen molar-refractivity contribution in [2.75, 3.05) is 6.26 Å². The van der Waals surface area contributed by atoms with E-state index in [0.717, 1.165) is 6.26 Å². The zero-order valence-electron chi connectivity index (χ0n) is 8.93. The first-order valence-corrected chi connectivity index (χ1v) is 6.31. The zero-order chi connectivity index (χ0) is 12.9. The number of hydrogen-bond donors (Lipinski definition) is 2. The van der Waals surface area contributed by atoms with Crippen molar-refractivity contribution in [1.29, 1.82) is 0 Å². The molecule has 0 fully saturated rings. The van der Waals surface area contributed by atoms with Gasteiger partial charge in [-0.15, -0.1) is 12.3 Å². The van der Waals surface area contributed by atoms with Gasteiger partial charge in [0.25, 0.3) is 0 Å². The maximum atomic E-state index is 11.4. The molecule has 0 aromatic heterocycles. The Morgan fingerprint density at radius 2 is 2.00 bits per heavy atom. The summed E-state index contributed by atoms with van der Waals surface area (Å²) >= 11 is 0. The predicted molar refractivity (Wildman–Crippen MR) is 57.3 cm³/mol. The third-order valence-corrected chi connectivity index (χ3v) is 3.45. The fraction of sp³-hybridized carbons (Fsp3) is 0.556. The second-order valence-electron chi connectivity index (χ2n) is 3.28. The third kappa shape index (κ3) is 4.31. The molecule has 0 bridgehead atoms. The molecule has 0 saturated carbocycles. The maximum Gasteiger partial charge on any atom is 0.327 e. The molecule has 1 amide bonds. The number of amides is 1. The number of terminal acetylenes is 1. The average Bonchev–Trinajstić information content (AvgIpc) is 2.14. The van der Waals surface area contributed by atoms with Gasteiger partial charge in [0.15, 0.2) is 9.84 Å². The Hall–Kier alpha value is -1.55. The van der Waals surface area contributed by atoms with Gasteiger partial charge in [0, 0.05) is 12.7 Å². The molecule has 0 spiro atoms. The summed E-state index contributed by atoms with van der Waals surface area (Å²) in [7, 11) is -3.54. The Morgan fingerprint density at radius 1 is 1.50 bits per heavy atom. The molecule has 16 heavy (non-hydrogen) atoms. The van der Waals surface area contributed by atoms with Gasteiger partial charge in [0.2, 0.25) is 5.91 Å². The van der Waals surface area contributed by atoms with Crippen LogP contribution in [0.4, 0.5) is 0 Å². The lowest BCUT2D eigenvalue weighted by molar-refractivity contribution is -0.141. The molecule has 2 atom stereocenters. The molecule has 0 heterocycles. The number of carbonyl (C=O) groups is 2. The van der Waals surface area contributed by atoms with Crippen LogP contribution in [0.3, 0.4) is 0 Å². The molecule has 90 valence electrons. The van der Waals surface area contributed by atoms with Gasteiger partial charge in [-0.1, -0.05) is 0 Å². The molecule has 0 aliphatic carbocycles. The number of rotatable bonds is 5. The van der Waals surface area contributed by atoms with Crippen LogP contribution in [0.25, 0.3) is 0 Å². The van der Waals surface area contributed by atoms with Crippen LogP contribution in [0, 0.1) is 12.3 Å². The summed E-state index contributed by atoms with van der Waals surface area (Å²) in [5.74, 6) is -0.0821. The lowest BCUT2D eigenvalue weighted by atomic mass is 10.2. The van der Waals surface area contributed by atoms with Gasteiger partial charge in [-0.25, -0.2) is 13.2 Å². The van der Waals surface area contributed by atoms with E-state index in [1.165, 1.54) is 6.92 Å². The number of carboxylic acid groups (broad SMARTS) is 1. The smallest absolute Gasteiger partial charge is 0.327 e. The summed E-state index contributed by atoms with van der Waals surface area (Å²) < 4.78 is 22.1. The fourth-order valence-corrected chi connectivity index (χ4v) is 1.26. The van der Waals surface area contributed by atoms with Gasteiger partial charge in [0.05, 0.1) is 0 Å². The van der Waals surface area contributed by atoms with E-state index in [0.29, 0.717) is 0 Å². The highest BCUT2D eigenvalue weighted by molar-refractivity contribution is 7.92. The minimum absolute atomic E-state index is 0.197. The van der Waals surface area contributed by atoms with Crippen LogP contribution in [-0.4, -0.2) is 42.9 Å². The first-order chi connectivity index (χ1) is 7.20. The molecule has 0 rings (SSSR count). The minimum atomic E-state index is -3.54. The molecule has 6 nitrogen and oxygen atoms in total. The van der Waals surface area contributed by atoms with Crippen LogP contribution in [0.1, 0.15) is 13.3 Å². The topological polar surface area (TPSA) is 101 Å². The van der Waals surface area contributed by atoms with Gasteiger partial charge in [-0.3, -0.25) is 4.79 Å². The Bertz CT molecular complexity index is 420. The van der Waals surface area contributed by atoms with Crippen molar-refractivity contribution in [2.45, 2.75) is 24.6 Å². The molecule has 0 aromatic rings. The Kier molecular flexibility index (Phi) is 4.98. The molecular formula is C9H13NO5S. The van der Waals surface area contributed by atoms with Crippen LogP contribution >= 0.6 is 0 Å². The third-order valence-electron chi connectivity index (χ3n) is 1.95. The quantitative estimate of drug-likeness (QED) is 0.608. The van der Waals surface area contributed by atoms with Crippen LogP contribution in [0.2, 0.25) is 0 Å². The number of carboxylic acids is 1. The van der Waals surface area contributed by atoms with E-state index in [1.807, 2.05) is 0 Å². The van der Waals surface area contributed by atoms with Crippen LogP contribution in [0.15, 0.2) is 0 Å². The Labute approximate surface area is 94.0 Å². The summed E-state index contributed by atoms with van der Waals surface area (Å²) in [5.41, 5.74) is 0. The van der Waals surface area contributed by atoms with Crippen molar-refractivity contribution in [1.82, 2.24) is 5.32 Å². The summed E-state index contributed by atoms with van der Waals surface area (Å²) in [6.07, 6.45) is 5.62. The number of nitrogens with one attached hydrogen (secondary N) is 1. The molecule has 2 unspecified atom stereocenters. The molecule has 0 aliphatic rings. The SMILES string of the molecule is C#CCC(NC(=O)C(C)S(C)(=O)=O)C(=O)O. The zero-order valence-corrected chi connectivity index (χ0v) is 9.74. The van der Waals surface area contributed by atoms with Gasteiger partial charge in [0.1, 0.15) is 11.3 Å². The minimum Gasteiger partial charge on any atom is -0.480 e. The van der Waals surface area contributed by atoms with Crippen LogP contribution < -0.4 is 5.32 Å². The lowest BCUT2D eigenvalue weighted by Crippen LogP contribution is -2.46. The van der Waals surface area contributed by atoms with E-state index in [1.54, 1.807) is 0 Å². The normalized spacial score (nSPS) is 14.6. The van der Waals surface area contributed by atoms with Crippen molar-refractivity contribution >= 4 is 21.7 Å². The van der Waals surface area contributed by atoms with E-state index in [9.17, 15) is 18.0 Å². The summed E-state index contributed by atoms with van der Waals surface area (Å²) in [4.78, 5) is 22.0. The highest BCUT2D eigenvalue weighted by Crippen LogP contribution is 2.00. The van der Waals surface area contributed by atoms with Gasteiger partial charge in [-0.2, -0.15) is 0 Å². The van der Waals surface area contributed by atoms with Crippen molar-refractivity contribution < 1.29 is 23.1 Å². The lowest BCUT2D eigenvalue weighted by Gasteiger charge is -2.14. The maximum absolute atomic E-state index is 11.4. The van der Waals surface area contributed by atoms with Gasteiger partial charge < -0.3 is 10.4 Å². The van der Waals surface area contributed by atoms with Crippen LogP contribution in [-0.2, 0) is 19.4 Å². The Morgan fingerprint density at radius 3 is 2.31 bits per heavy atom. The molecule has 0 aromatic carbocycles. The van der Waals surface area contributed by atoms with E-state index >= 15 is 0 Å². The highest BCUT2D eigenvalue weighted by Gasteiger charge is 2.27. The van der Waals surface area contributed by atoms with Crippen LogP contribution in [0.5, 0.6) is 0 Å². The van der Waals surface area contributed by atoms with E-state index in [2.05, 4.69) is 11.2 Å². The number of aliphatic carboxylic acids is 1. The summed E-state index contributed by atoms with van der Waals surface area (Å²) in [6.45, 7) is 1.18. The Balaban J connectivity index is 4.67. The van der Waals surface area contributed by atoms with E-state index < -0.39 is 33.0 Å². The highest BCUT2D eigenvalue weighted by atomic mass is 32.2. The van der Waals surface area contributed by atoms with Crippen molar-refractivity contribution in [3.63, 3.8) is 0 Å². The molecule has 0 saturated heterocycles. The first kappa shape index (κ1) is 14.5. The standard InChI is InChI=1S/C9H13NO5S/c1-4-5-7(9(12)13)10-8(11)6(2)16(3,14)15/h1,6-7H,5H2,2-3H3,(H,10,11)(H,12,13). The van der Waals surface area contributed by atoms with Crippen molar-refractivity contribution in [3.8, 4) is 12.3 Å². The average molecular weight is 247 g/mol. The largest absolute Gasteiger partial charge is 0.480 e. The molecule has 0 radical (unpaired) electrons. The monoisotopic (exact) mass is 247 g/mol. The van der Waals surface area contributed by atoms with Crippen molar-refractivity contribution in [2.24, 2.45) is 0 Å². The number of hydrogen-bond acceptors (Lipinski definition) is 4.